The van der Waals surface area contributed by atoms with Crippen LogP contribution in [0.5, 0.6) is 0 Å². The Morgan fingerprint density at radius 2 is 2.17 bits per heavy atom. The minimum atomic E-state index is -3.48. The molecule has 3 N–H and O–H groups in total. The number of H-pyrrole nitrogens is 1. The SMILES string of the molecule is Cc1n[nH]c(C)c1S(=O)(=O)N1CCCC[C@@H]1CN. The fourth-order valence-corrected chi connectivity index (χ4v) is 4.60. The van der Waals surface area contributed by atoms with Gasteiger partial charge < -0.3 is 5.73 Å². The van der Waals surface area contributed by atoms with Crippen LogP contribution in [-0.4, -0.2) is 42.1 Å². The Bertz CT molecular complexity index is 504. The van der Waals surface area contributed by atoms with Gasteiger partial charge in [-0.05, 0) is 26.7 Å². The summed E-state index contributed by atoms with van der Waals surface area (Å²) in [4.78, 5) is 0.308. The first-order valence-electron chi connectivity index (χ1n) is 6.22. The number of aromatic amines is 1. The highest BCUT2D eigenvalue weighted by Crippen LogP contribution is 2.27. The molecule has 0 aliphatic carbocycles. The van der Waals surface area contributed by atoms with Crippen molar-refractivity contribution in [3.8, 4) is 0 Å². The molecule has 1 atom stereocenters. The molecule has 7 heteroatoms. The van der Waals surface area contributed by atoms with Crippen molar-refractivity contribution in [1.82, 2.24) is 14.5 Å². The Hall–Kier alpha value is -0.920. The highest BCUT2D eigenvalue weighted by atomic mass is 32.2. The molecule has 1 aromatic rings. The molecule has 1 aromatic heterocycles. The third-order valence-electron chi connectivity index (χ3n) is 3.47. The summed E-state index contributed by atoms with van der Waals surface area (Å²) in [6.07, 6.45) is 2.77. The topological polar surface area (TPSA) is 92.1 Å². The number of sulfonamides is 1. The van der Waals surface area contributed by atoms with E-state index < -0.39 is 10.0 Å². The first kappa shape index (κ1) is 13.5. The number of nitrogens with zero attached hydrogens (tertiary/aromatic N) is 2. The fourth-order valence-electron chi connectivity index (χ4n) is 2.56. The van der Waals surface area contributed by atoms with Gasteiger partial charge in [-0.15, -0.1) is 0 Å². The van der Waals surface area contributed by atoms with Crippen molar-refractivity contribution in [2.24, 2.45) is 5.73 Å². The van der Waals surface area contributed by atoms with Gasteiger partial charge in [-0.2, -0.15) is 9.40 Å². The van der Waals surface area contributed by atoms with Crippen molar-refractivity contribution in [2.75, 3.05) is 13.1 Å². The van der Waals surface area contributed by atoms with E-state index in [1.807, 2.05) is 0 Å². The molecule has 0 saturated carbocycles. The van der Waals surface area contributed by atoms with Crippen LogP contribution < -0.4 is 5.73 Å². The van der Waals surface area contributed by atoms with Crippen molar-refractivity contribution in [3.63, 3.8) is 0 Å². The van der Waals surface area contributed by atoms with Crippen LogP contribution in [0.15, 0.2) is 4.90 Å². The number of aryl methyl sites for hydroxylation is 2. The first-order valence-corrected chi connectivity index (χ1v) is 7.66. The zero-order valence-corrected chi connectivity index (χ0v) is 11.6. The van der Waals surface area contributed by atoms with Gasteiger partial charge in [-0.25, -0.2) is 8.42 Å². The maximum atomic E-state index is 12.7. The average Bonchev–Trinajstić information content (AvgIpc) is 2.69. The zero-order valence-electron chi connectivity index (χ0n) is 10.8. The van der Waals surface area contributed by atoms with Crippen molar-refractivity contribution in [2.45, 2.75) is 44.0 Å². The van der Waals surface area contributed by atoms with E-state index in [4.69, 9.17) is 5.73 Å². The van der Waals surface area contributed by atoms with E-state index in [0.717, 1.165) is 19.3 Å². The molecule has 0 bridgehead atoms. The van der Waals surface area contributed by atoms with E-state index in [9.17, 15) is 8.42 Å². The molecule has 18 heavy (non-hydrogen) atoms. The van der Waals surface area contributed by atoms with Crippen LogP contribution in [0.4, 0.5) is 0 Å². The molecule has 102 valence electrons. The number of hydrogen-bond acceptors (Lipinski definition) is 4. The normalized spacial score (nSPS) is 22.3. The van der Waals surface area contributed by atoms with Crippen LogP contribution in [-0.2, 0) is 10.0 Å². The maximum absolute atomic E-state index is 12.7. The number of nitrogens with two attached hydrogens (primary N) is 1. The third kappa shape index (κ3) is 2.17. The number of aromatic nitrogens is 2. The Morgan fingerprint density at radius 1 is 1.44 bits per heavy atom. The lowest BCUT2D eigenvalue weighted by atomic mass is 10.1. The second-order valence-electron chi connectivity index (χ2n) is 4.76. The van der Waals surface area contributed by atoms with Gasteiger partial charge in [0.25, 0.3) is 0 Å². The van der Waals surface area contributed by atoms with Crippen LogP contribution in [0.25, 0.3) is 0 Å². The Labute approximate surface area is 108 Å². The molecule has 0 aromatic carbocycles. The summed E-state index contributed by atoms with van der Waals surface area (Å²) in [5.74, 6) is 0. The number of nitrogens with one attached hydrogen (secondary N) is 1. The molecule has 1 aliphatic heterocycles. The molecule has 6 nitrogen and oxygen atoms in total. The summed E-state index contributed by atoms with van der Waals surface area (Å²) in [6, 6.07) is -0.0857. The van der Waals surface area contributed by atoms with E-state index in [1.165, 1.54) is 0 Å². The smallest absolute Gasteiger partial charge is 0.247 e. The minimum absolute atomic E-state index is 0.0857. The Balaban J connectivity index is 2.41. The number of hydrogen-bond donors (Lipinski definition) is 2. The summed E-state index contributed by atoms with van der Waals surface area (Å²) in [7, 11) is -3.48. The summed E-state index contributed by atoms with van der Waals surface area (Å²) in [6.45, 7) is 4.36. The Kier molecular flexibility index (Phi) is 3.74. The molecular weight excluding hydrogens is 252 g/mol. The van der Waals surface area contributed by atoms with Crippen molar-refractivity contribution in [1.29, 1.82) is 0 Å². The highest BCUT2D eigenvalue weighted by Gasteiger charge is 2.35. The Morgan fingerprint density at radius 3 is 2.72 bits per heavy atom. The average molecular weight is 272 g/mol. The number of piperidine rings is 1. The molecular formula is C11H20N4O2S. The third-order valence-corrected chi connectivity index (χ3v) is 5.69. The molecule has 1 fully saturated rings. The van der Waals surface area contributed by atoms with Crippen molar-refractivity contribution >= 4 is 10.0 Å². The minimum Gasteiger partial charge on any atom is -0.329 e. The second-order valence-corrected chi connectivity index (χ2v) is 6.59. The summed E-state index contributed by atoms with van der Waals surface area (Å²) in [5.41, 5.74) is 6.80. The van der Waals surface area contributed by atoms with E-state index in [-0.39, 0.29) is 6.04 Å². The first-order chi connectivity index (χ1) is 8.48. The van der Waals surface area contributed by atoms with E-state index in [0.29, 0.717) is 29.4 Å². The molecule has 0 spiro atoms. The lowest BCUT2D eigenvalue weighted by molar-refractivity contribution is 0.257. The molecule has 2 heterocycles. The number of rotatable bonds is 3. The quantitative estimate of drug-likeness (QED) is 0.839. The molecule has 0 unspecified atom stereocenters. The van der Waals surface area contributed by atoms with Gasteiger partial charge in [0.05, 0.1) is 11.4 Å². The van der Waals surface area contributed by atoms with Crippen LogP contribution in [0.3, 0.4) is 0 Å². The molecule has 0 radical (unpaired) electrons. The van der Waals surface area contributed by atoms with Crippen LogP contribution >= 0.6 is 0 Å². The highest BCUT2D eigenvalue weighted by molar-refractivity contribution is 7.89. The summed E-state index contributed by atoms with van der Waals surface area (Å²) < 4.78 is 26.9. The van der Waals surface area contributed by atoms with E-state index in [1.54, 1.807) is 18.2 Å². The van der Waals surface area contributed by atoms with Crippen LogP contribution in [0, 0.1) is 13.8 Å². The van der Waals surface area contributed by atoms with Crippen LogP contribution in [0.2, 0.25) is 0 Å². The predicted octanol–water partition coefficient (Wildman–Crippen LogP) is 0.528. The van der Waals surface area contributed by atoms with E-state index in [2.05, 4.69) is 10.2 Å². The standard InChI is InChI=1S/C11H20N4O2S/c1-8-11(9(2)14-13-8)18(16,17)15-6-4-3-5-10(15)7-12/h10H,3-7,12H2,1-2H3,(H,13,14)/t10-/m1/s1. The summed E-state index contributed by atoms with van der Waals surface area (Å²) >= 11 is 0. The fraction of sp³-hybridized carbons (Fsp3) is 0.727. The van der Waals surface area contributed by atoms with Crippen molar-refractivity contribution < 1.29 is 8.42 Å². The van der Waals surface area contributed by atoms with E-state index >= 15 is 0 Å². The van der Waals surface area contributed by atoms with Gasteiger partial charge in [0.15, 0.2) is 0 Å². The van der Waals surface area contributed by atoms with Gasteiger partial charge in [0.2, 0.25) is 10.0 Å². The van der Waals surface area contributed by atoms with Crippen LogP contribution in [0.1, 0.15) is 30.7 Å². The van der Waals surface area contributed by atoms with Crippen molar-refractivity contribution in [3.05, 3.63) is 11.4 Å². The van der Waals surface area contributed by atoms with Gasteiger partial charge >= 0.3 is 0 Å². The molecule has 0 amide bonds. The molecule has 2 rings (SSSR count). The lowest BCUT2D eigenvalue weighted by Gasteiger charge is -2.33. The molecule has 1 saturated heterocycles. The van der Waals surface area contributed by atoms with Gasteiger partial charge in [0, 0.05) is 19.1 Å². The maximum Gasteiger partial charge on any atom is 0.247 e. The van der Waals surface area contributed by atoms with Gasteiger partial charge in [-0.1, -0.05) is 6.42 Å². The monoisotopic (exact) mass is 272 g/mol. The second kappa shape index (κ2) is 4.99. The lowest BCUT2D eigenvalue weighted by Crippen LogP contribution is -2.47. The zero-order chi connectivity index (χ0) is 13.3. The largest absolute Gasteiger partial charge is 0.329 e. The summed E-state index contributed by atoms with van der Waals surface area (Å²) in [5, 5.41) is 6.69. The van der Waals surface area contributed by atoms with Gasteiger partial charge in [0.1, 0.15) is 4.90 Å². The molecule has 1 aliphatic rings. The predicted molar refractivity (Wildman–Crippen MR) is 68.6 cm³/mol. The van der Waals surface area contributed by atoms with Gasteiger partial charge in [-0.3, -0.25) is 5.10 Å².